The van der Waals surface area contributed by atoms with Crippen LogP contribution in [0.15, 0.2) is 24.3 Å². The number of unbranched alkanes of at least 4 members (excludes halogenated alkanes) is 3. The summed E-state index contributed by atoms with van der Waals surface area (Å²) in [6, 6.07) is 8.47. The number of hydrogen-bond acceptors (Lipinski definition) is 1. The normalized spacial score (nSPS) is 10.3. The third-order valence-electron chi connectivity index (χ3n) is 2.74. The van der Waals surface area contributed by atoms with Gasteiger partial charge in [0.2, 0.25) is 0 Å². The summed E-state index contributed by atoms with van der Waals surface area (Å²) < 4.78 is 0. The first-order valence-electron chi connectivity index (χ1n) is 6.13. The van der Waals surface area contributed by atoms with Crippen LogP contribution in [-0.2, 0) is 12.8 Å². The molecule has 0 spiro atoms. The Bertz CT molecular complexity index is 314. The minimum atomic E-state index is 0.232. The molecule has 0 saturated heterocycles. The third-order valence-corrected chi connectivity index (χ3v) is 2.74. The van der Waals surface area contributed by atoms with E-state index in [1.807, 2.05) is 0 Å². The van der Waals surface area contributed by atoms with E-state index in [0.29, 0.717) is 6.42 Å². The summed E-state index contributed by atoms with van der Waals surface area (Å²) in [5.74, 6) is 0.232. The largest absolute Gasteiger partial charge is 0.387 e. The van der Waals surface area contributed by atoms with Gasteiger partial charge in [-0.05, 0) is 24.0 Å². The van der Waals surface area contributed by atoms with Gasteiger partial charge in [-0.15, -0.1) is 0 Å². The molecule has 0 saturated carbocycles. The van der Waals surface area contributed by atoms with Crippen LogP contribution < -0.4 is 5.73 Å². The van der Waals surface area contributed by atoms with Crippen LogP contribution in [0.4, 0.5) is 0 Å². The molecule has 1 rings (SSSR count). The molecule has 0 radical (unpaired) electrons. The predicted molar refractivity (Wildman–Crippen MR) is 69.9 cm³/mol. The summed E-state index contributed by atoms with van der Waals surface area (Å²) in [7, 11) is 0. The SMILES string of the molecule is CCCCCCc1ccc(CC(=N)N)cc1. The fourth-order valence-corrected chi connectivity index (χ4v) is 1.80. The number of nitrogens with one attached hydrogen (secondary N) is 1. The van der Waals surface area contributed by atoms with Gasteiger partial charge in [0.25, 0.3) is 0 Å². The minimum Gasteiger partial charge on any atom is -0.387 e. The standard InChI is InChI=1S/C14H22N2/c1-2-3-4-5-6-12-7-9-13(10-8-12)11-14(15)16/h7-10H,2-6,11H2,1H3,(H3,15,16). The molecule has 0 heterocycles. The highest BCUT2D eigenvalue weighted by Crippen LogP contribution is 2.10. The first kappa shape index (κ1) is 12.8. The fourth-order valence-electron chi connectivity index (χ4n) is 1.80. The predicted octanol–water partition coefficient (Wildman–Crippen LogP) is 3.29. The second-order valence-corrected chi connectivity index (χ2v) is 4.33. The van der Waals surface area contributed by atoms with Crippen molar-refractivity contribution >= 4 is 5.84 Å². The fraction of sp³-hybridized carbons (Fsp3) is 0.500. The Hall–Kier alpha value is -1.31. The molecule has 3 N–H and O–H groups in total. The number of rotatable bonds is 7. The lowest BCUT2D eigenvalue weighted by Gasteiger charge is -2.03. The molecule has 0 bridgehead atoms. The molecule has 1 aromatic carbocycles. The van der Waals surface area contributed by atoms with Crippen LogP contribution in [0.5, 0.6) is 0 Å². The van der Waals surface area contributed by atoms with Crippen molar-refractivity contribution < 1.29 is 0 Å². The maximum atomic E-state index is 7.22. The van der Waals surface area contributed by atoms with Crippen LogP contribution in [-0.4, -0.2) is 5.84 Å². The maximum Gasteiger partial charge on any atom is 0.0950 e. The van der Waals surface area contributed by atoms with Crippen molar-refractivity contribution in [3.05, 3.63) is 35.4 Å². The van der Waals surface area contributed by atoms with E-state index in [4.69, 9.17) is 11.1 Å². The first-order valence-corrected chi connectivity index (χ1v) is 6.13. The van der Waals surface area contributed by atoms with Gasteiger partial charge in [0.05, 0.1) is 5.84 Å². The molecule has 0 aliphatic rings. The molecule has 0 aliphatic heterocycles. The number of benzene rings is 1. The zero-order valence-corrected chi connectivity index (χ0v) is 10.1. The van der Waals surface area contributed by atoms with Gasteiger partial charge in [-0.3, -0.25) is 5.41 Å². The van der Waals surface area contributed by atoms with Gasteiger partial charge in [-0.1, -0.05) is 50.5 Å². The molecular weight excluding hydrogens is 196 g/mol. The van der Waals surface area contributed by atoms with Gasteiger partial charge in [-0.2, -0.15) is 0 Å². The summed E-state index contributed by atoms with van der Waals surface area (Å²) in [6.07, 6.45) is 6.96. The molecule has 2 heteroatoms. The van der Waals surface area contributed by atoms with Crippen molar-refractivity contribution in [3.8, 4) is 0 Å². The monoisotopic (exact) mass is 218 g/mol. The molecule has 0 aromatic heterocycles. The van der Waals surface area contributed by atoms with E-state index in [0.717, 1.165) is 5.56 Å². The van der Waals surface area contributed by atoms with Crippen molar-refractivity contribution in [2.45, 2.75) is 45.4 Å². The lowest BCUT2D eigenvalue weighted by molar-refractivity contribution is 0.667. The Morgan fingerprint density at radius 3 is 2.25 bits per heavy atom. The number of amidine groups is 1. The van der Waals surface area contributed by atoms with Crippen molar-refractivity contribution in [1.29, 1.82) is 5.41 Å². The molecule has 0 aliphatic carbocycles. The van der Waals surface area contributed by atoms with E-state index in [-0.39, 0.29) is 5.84 Å². The average molecular weight is 218 g/mol. The molecule has 2 nitrogen and oxygen atoms in total. The Kier molecular flexibility index (Phi) is 5.62. The third kappa shape index (κ3) is 4.96. The highest BCUT2D eigenvalue weighted by Gasteiger charge is 1.97. The zero-order chi connectivity index (χ0) is 11.8. The van der Waals surface area contributed by atoms with Crippen molar-refractivity contribution in [2.24, 2.45) is 5.73 Å². The lowest BCUT2D eigenvalue weighted by Crippen LogP contribution is -2.12. The van der Waals surface area contributed by atoms with Crippen LogP contribution in [0.1, 0.15) is 43.7 Å². The molecule has 0 fully saturated rings. The molecule has 16 heavy (non-hydrogen) atoms. The van der Waals surface area contributed by atoms with Crippen LogP contribution in [0.25, 0.3) is 0 Å². The van der Waals surface area contributed by atoms with E-state index in [1.54, 1.807) is 0 Å². The smallest absolute Gasteiger partial charge is 0.0950 e. The van der Waals surface area contributed by atoms with Crippen molar-refractivity contribution in [2.75, 3.05) is 0 Å². The lowest BCUT2D eigenvalue weighted by atomic mass is 10.0. The van der Waals surface area contributed by atoms with Gasteiger partial charge >= 0.3 is 0 Å². The Morgan fingerprint density at radius 2 is 1.69 bits per heavy atom. The second-order valence-electron chi connectivity index (χ2n) is 4.33. The Morgan fingerprint density at radius 1 is 1.06 bits per heavy atom. The van der Waals surface area contributed by atoms with E-state index >= 15 is 0 Å². The molecular formula is C14H22N2. The Balaban J connectivity index is 2.36. The molecule has 1 aromatic rings. The van der Waals surface area contributed by atoms with Gasteiger partial charge in [0.15, 0.2) is 0 Å². The summed E-state index contributed by atoms with van der Waals surface area (Å²) >= 11 is 0. The van der Waals surface area contributed by atoms with Crippen molar-refractivity contribution in [3.63, 3.8) is 0 Å². The molecule has 88 valence electrons. The topological polar surface area (TPSA) is 49.9 Å². The molecule has 0 amide bonds. The van der Waals surface area contributed by atoms with Gasteiger partial charge in [0.1, 0.15) is 0 Å². The van der Waals surface area contributed by atoms with Gasteiger partial charge in [-0.25, -0.2) is 0 Å². The van der Waals surface area contributed by atoms with Crippen LogP contribution in [0.3, 0.4) is 0 Å². The maximum absolute atomic E-state index is 7.22. The number of aryl methyl sites for hydroxylation is 1. The first-order chi connectivity index (χ1) is 7.72. The van der Waals surface area contributed by atoms with Gasteiger partial charge in [0, 0.05) is 6.42 Å². The second kappa shape index (κ2) is 7.04. The number of hydrogen-bond donors (Lipinski definition) is 2. The molecule has 0 atom stereocenters. The summed E-state index contributed by atoms with van der Waals surface area (Å²) in [5.41, 5.74) is 7.88. The Labute approximate surface area is 98.4 Å². The van der Waals surface area contributed by atoms with Crippen LogP contribution in [0, 0.1) is 5.41 Å². The van der Waals surface area contributed by atoms with E-state index in [2.05, 4.69) is 31.2 Å². The van der Waals surface area contributed by atoms with E-state index in [1.165, 1.54) is 37.7 Å². The van der Waals surface area contributed by atoms with Crippen LogP contribution in [0.2, 0.25) is 0 Å². The van der Waals surface area contributed by atoms with E-state index < -0.39 is 0 Å². The summed E-state index contributed by atoms with van der Waals surface area (Å²) in [5, 5.41) is 7.22. The number of nitrogens with two attached hydrogens (primary N) is 1. The van der Waals surface area contributed by atoms with Crippen molar-refractivity contribution in [1.82, 2.24) is 0 Å². The highest BCUT2D eigenvalue weighted by molar-refractivity contribution is 5.79. The highest BCUT2D eigenvalue weighted by atomic mass is 14.7. The van der Waals surface area contributed by atoms with E-state index in [9.17, 15) is 0 Å². The minimum absolute atomic E-state index is 0.232. The quantitative estimate of drug-likeness (QED) is 0.412. The molecule has 0 unspecified atom stereocenters. The summed E-state index contributed by atoms with van der Waals surface area (Å²) in [4.78, 5) is 0. The zero-order valence-electron chi connectivity index (χ0n) is 10.1. The van der Waals surface area contributed by atoms with Crippen LogP contribution >= 0.6 is 0 Å². The average Bonchev–Trinajstić information content (AvgIpc) is 2.26. The summed E-state index contributed by atoms with van der Waals surface area (Å²) in [6.45, 7) is 2.23. The van der Waals surface area contributed by atoms with Gasteiger partial charge < -0.3 is 5.73 Å².